The molecule has 0 saturated heterocycles. The van der Waals surface area contributed by atoms with Gasteiger partial charge in [0.1, 0.15) is 5.54 Å². The lowest BCUT2D eigenvalue weighted by Gasteiger charge is -2.37. The first-order valence-corrected chi connectivity index (χ1v) is 8.74. The van der Waals surface area contributed by atoms with Gasteiger partial charge in [0.15, 0.2) is 0 Å². The van der Waals surface area contributed by atoms with E-state index >= 15 is 0 Å². The van der Waals surface area contributed by atoms with Crippen LogP contribution >= 0.6 is 0 Å². The lowest BCUT2D eigenvalue weighted by atomic mass is 9.77. The Morgan fingerprint density at radius 1 is 0.500 bits per heavy atom. The van der Waals surface area contributed by atoms with Crippen LogP contribution < -0.4 is 5.32 Å². The molecule has 0 aliphatic carbocycles. The Morgan fingerprint density at radius 3 is 1.27 bits per heavy atom. The molecule has 2 nitrogen and oxygen atoms in total. The molecule has 0 spiro atoms. The van der Waals surface area contributed by atoms with Gasteiger partial charge in [-0.15, -0.1) is 0 Å². The van der Waals surface area contributed by atoms with Crippen molar-refractivity contribution in [3.63, 3.8) is 0 Å². The van der Waals surface area contributed by atoms with Crippen molar-refractivity contribution in [2.45, 2.75) is 5.54 Å². The second-order valence-corrected chi connectivity index (χ2v) is 6.21. The molecule has 3 aromatic carbocycles. The molecule has 0 aliphatic heterocycles. The minimum Gasteiger partial charge on any atom is -0.368 e. The first-order chi connectivity index (χ1) is 12.9. The summed E-state index contributed by atoms with van der Waals surface area (Å²) in [6.07, 6.45) is 3.63. The number of rotatable bonds is 5. The summed E-state index contributed by atoms with van der Waals surface area (Å²) in [5.41, 5.74) is 4.10. The molecule has 0 bridgehead atoms. The number of aromatic nitrogens is 1. The van der Waals surface area contributed by atoms with E-state index in [9.17, 15) is 0 Å². The van der Waals surface area contributed by atoms with Crippen molar-refractivity contribution in [3.8, 4) is 0 Å². The van der Waals surface area contributed by atoms with Crippen LogP contribution in [0.25, 0.3) is 0 Å². The molecular formula is C24H20N2. The van der Waals surface area contributed by atoms with Crippen LogP contribution in [0, 0.1) is 0 Å². The maximum Gasteiger partial charge on any atom is 0.114 e. The number of benzene rings is 3. The second kappa shape index (κ2) is 7.24. The molecule has 0 atom stereocenters. The maximum absolute atomic E-state index is 4.15. The van der Waals surface area contributed by atoms with Gasteiger partial charge in [0.2, 0.25) is 0 Å². The van der Waals surface area contributed by atoms with Crippen molar-refractivity contribution in [3.05, 3.63) is 132 Å². The van der Waals surface area contributed by atoms with Gasteiger partial charge >= 0.3 is 0 Å². The van der Waals surface area contributed by atoms with E-state index in [1.165, 1.54) is 16.7 Å². The normalized spacial score (nSPS) is 11.1. The van der Waals surface area contributed by atoms with E-state index in [-0.39, 0.29) is 0 Å². The molecule has 0 unspecified atom stereocenters. The fourth-order valence-corrected chi connectivity index (χ4v) is 3.43. The Balaban J connectivity index is 2.00. The minimum absolute atomic E-state index is 0.495. The Bertz CT molecular complexity index is 840. The van der Waals surface area contributed by atoms with Gasteiger partial charge in [0.05, 0.1) is 0 Å². The van der Waals surface area contributed by atoms with E-state index in [2.05, 4.69) is 101 Å². The molecule has 0 aliphatic rings. The SMILES string of the molecule is c1ccc(C(Nc2ccncc2)(c2ccccc2)c2ccccc2)cc1. The molecular weight excluding hydrogens is 316 g/mol. The van der Waals surface area contributed by atoms with Crippen molar-refractivity contribution in [1.29, 1.82) is 0 Å². The Kier molecular flexibility index (Phi) is 4.48. The molecule has 126 valence electrons. The molecule has 0 saturated carbocycles. The van der Waals surface area contributed by atoms with Gasteiger partial charge in [-0.05, 0) is 28.8 Å². The molecule has 1 N–H and O–H groups in total. The minimum atomic E-state index is -0.495. The van der Waals surface area contributed by atoms with Gasteiger partial charge in [0.25, 0.3) is 0 Å². The van der Waals surface area contributed by atoms with Crippen LogP contribution in [0.4, 0.5) is 5.69 Å². The zero-order chi connectivity index (χ0) is 17.7. The first-order valence-electron chi connectivity index (χ1n) is 8.74. The molecule has 2 heteroatoms. The molecule has 4 aromatic rings. The Morgan fingerprint density at radius 2 is 0.885 bits per heavy atom. The van der Waals surface area contributed by atoms with E-state index in [1.807, 2.05) is 24.5 Å². The van der Waals surface area contributed by atoms with Crippen LogP contribution in [-0.2, 0) is 5.54 Å². The van der Waals surface area contributed by atoms with Crippen LogP contribution in [0.2, 0.25) is 0 Å². The fraction of sp³-hybridized carbons (Fsp3) is 0.0417. The Hall–Kier alpha value is -3.39. The fourth-order valence-electron chi connectivity index (χ4n) is 3.43. The van der Waals surface area contributed by atoms with Crippen molar-refractivity contribution in [1.82, 2.24) is 4.98 Å². The topological polar surface area (TPSA) is 24.9 Å². The third-order valence-electron chi connectivity index (χ3n) is 4.63. The van der Waals surface area contributed by atoms with E-state index in [0.717, 1.165) is 5.69 Å². The van der Waals surface area contributed by atoms with Crippen LogP contribution in [0.3, 0.4) is 0 Å². The highest BCUT2D eigenvalue weighted by atomic mass is 15.0. The van der Waals surface area contributed by atoms with E-state index in [4.69, 9.17) is 0 Å². The maximum atomic E-state index is 4.15. The summed E-state index contributed by atoms with van der Waals surface area (Å²) in [6, 6.07) is 35.7. The zero-order valence-electron chi connectivity index (χ0n) is 14.4. The number of pyridine rings is 1. The average Bonchev–Trinajstić information content (AvgIpc) is 2.75. The summed E-state index contributed by atoms with van der Waals surface area (Å²) in [5, 5.41) is 3.80. The van der Waals surface area contributed by atoms with E-state index in [0.29, 0.717) is 0 Å². The molecule has 1 aromatic heterocycles. The predicted octanol–water partition coefficient (Wildman–Crippen LogP) is 5.49. The summed E-state index contributed by atoms with van der Waals surface area (Å²) in [4.78, 5) is 4.15. The summed E-state index contributed by atoms with van der Waals surface area (Å²) >= 11 is 0. The van der Waals surface area contributed by atoms with Crippen LogP contribution in [-0.4, -0.2) is 4.98 Å². The van der Waals surface area contributed by atoms with E-state index in [1.54, 1.807) is 0 Å². The number of nitrogens with one attached hydrogen (secondary N) is 1. The van der Waals surface area contributed by atoms with Crippen molar-refractivity contribution in [2.75, 3.05) is 5.32 Å². The summed E-state index contributed by atoms with van der Waals surface area (Å²) in [6.45, 7) is 0. The number of anilines is 1. The monoisotopic (exact) mass is 336 g/mol. The highest BCUT2D eigenvalue weighted by molar-refractivity contribution is 5.59. The van der Waals surface area contributed by atoms with Crippen molar-refractivity contribution in [2.24, 2.45) is 0 Å². The van der Waals surface area contributed by atoms with Gasteiger partial charge in [-0.2, -0.15) is 0 Å². The first kappa shape index (κ1) is 16.1. The summed E-state index contributed by atoms with van der Waals surface area (Å²) in [7, 11) is 0. The lowest BCUT2D eigenvalue weighted by molar-refractivity contribution is 0.711. The lowest BCUT2D eigenvalue weighted by Crippen LogP contribution is -2.38. The molecule has 0 amide bonds. The second-order valence-electron chi connectivity index (χ2n) is 6.21. The standard InChI is InChI=1S/C24H20N2/c1-4-10-20(11-5-1)24(21-12-6-2-7-13-21,22-14-8-3-9-15-22)26-23-16-18-25-19-17-23/h1-19H,(H,25,26). The Labute approximate surface area is 154 Å². The molecule has 4 rings (SSSR count). The smallest absolute Gasteiger partial charge is 0.114 e. The van der Waals surface area contributed by atoms with Crippen LogP contribution in [0.15, 0.2) is 116 Å². The summed E-state index contributed by atoms with van der Waals surface area (Å²) < 4.78 is 0. The third-order valence-corrected chi connectivity index (χ3v) is 4.63. The third kappa shape index (κ3) is 2.98. The molecule has 1 heterocycles. The number of nitrogens with zero attached hydrogens (tertiary/aromatic N) is 1. The van der Waals surface area contributed by atoms with Gasteiger partial charge in [-0.1, -0.05) is 91.0 Å². The van der Waals surface area contributed by atoms with Crippen molar-refractivity contribution >= 4 is 5.69 Å². The largest absolute Gasteiger partial charge is 0.368 e. The number of hydrogen-bond donors (Lipinski definition) is 1. The quantitative estimate of drug-likeness (QED) is 0.488. The predicted molar refractivity (Wildman–Crippen MR) is 107 cm³/mol. The zero-order valence-corrected chi connectivity index (χ0v) is 14.4. The van der Waals surface area contributed by atoms with Gasteiger partial charge in [0, 0.05) is 18.1 Å². The van der Waals surface area contributed by atoms with Crippen LogP contribution in [0.5, 0.6) is 0 Å². The van der Waals surface area contributed by atoms with E-state index < -0.39 is 5.54 Å². The summed E-state index contributed by atoms with van der Waals surface area (Å²) in [5.74, 6) is 0. The van der Waals surface area contributed by atoms with Crippen LogP contribution in [0.1, 0.15) is 16.7 Å². The molecule has 0 fully saturated rings. The average molecular weight is 336 g/mol. The number of hydrogen-bond acceptors (Lipinski definition) is 2. The van der Waals surface area contributed by atoms with Crippen molar-refractivity contribution < 1.29 is 0 Å². The van der Waals surface area contributed by atoms with Gasteiger partial charge in [-0.25, -0.2) is 0 Å². The molecule has 26 heavy (non-hydrogen) atoms. The van der Waals surface area contributed by atoms with Gasteiger partial charge < -0.3 is 5.32 Å². The highest BCUT2D eigenvalue weighted by Gasteiger charge is 2.36. The molecule has 0 radical (unpaired) electrons. The highest BCUT2D eigenvalue weighted by Crippen LogP contribution is 2.39. The van der Waals surface area contributed by atoms with Gasteiger partial charge in [-0.3, -0.25) is 4.98 Å².